The predicted molar refractivity (Wildman–Crippen MR) is 102 cm³/mol. The molecule has 1 aliphatic carbocycles. The molecule has 1 atom stereocenters. The molecule has 2 saturated heterocycles. The lowest BCUT2D eigenvalue weighted by molar-refractivity contribution is -0.142. The first kappa shape index (κ1) is 18.4. The van der Waals surface area contributed by atoms with Crippen LogP contribution in [0.3, 0.4) is 0 Å². The van der Waals surface area contributed by atoms with Crippen LogP contribution in [0.4, 0.5) is 0 Å². The first-order chi connectivity index (χ1) is 13.1. The molecule has 0 unspecified atom stereocenters. The average molecular weight is 370 g/mol. The van der Waals surface area contributed by atoms with Crippen molar-refractivity contribution in [3.63, 3.8) is 0 Å². The molecule has 0 radical (unpaired) electrons. The Morgan fingerprint density at radius 3 is 2.37 bits per heavy atom. The minimum absolute atomic E-state index is 0.0373. The first-order valence-corrected chi connectivity index (χ1v) is 10.6. The minimum atomic E-state index is -0.0373. The second-order valence-corrected chi connectivity index (χ2v) is 8.25. The summed E-state index contributed by atoms with van der Waals surface area (Å²) in [5.74, 6) is 1.23. The van der Waals surface area contributed by atoms with E-state index in [2.05, 4.69) is 4.98 Å². The first-order valence-electron chi connectivity index (χ1n) is 10.6. The molecule has 1 aromatic rings. The molecule has 2 amide bonds. The van der Waals surface area contributed by atoms with Crippen LogP contribution in [-0.2, 0) is 4.79 Å². The zero-order valence-electron chi connectivity index (χ0n) is 16.3. The number of amides is 2. The van der Waals surface area contributed by atoms with Gasteiger partial charge in [-0.1, -0.05) is 6.42 Å². The van der Waals surface area contributed by atoms with E-state index in [1.165, 1.54) is 6.42 Å². The molecule has 1 aromatic heterocycles. The molecule has 2 aliphatic heterocycles. The Bertz CT molecular complexity index is 710. The number of rotatable bonds is 3. The van der Waals surface area contributed by atoms with Crippen LogP contribution in [0.5, 0.6) is 0 Å². The summed E-state index contributed by atoms with van der Waals surface area (Å²) in [5.41, 5.74) is 1.34. The van der Waals surface area contributed by atoms with Crippen LogP contribution < -0.4 is 0 Å². The fourth-order valence-electron chi connectivity index (χ4n) is 4.48. The van der Waals surface area contributed by atoms with Crippen molar-refractivity contribution in [1.82, 2.24) is 19.8 Å². The number of hydrogen-bond donors (Lipinski definition) is 0. The lowest BCUT2D eigenvalue weighted by Crippen LogP contribution is -2.44. The summed E-state index contributed by atoms with van der Waals surface area (Å²) >= 11 is 0. The van der Waals surface area contributed by atoms with Crippen molar-refractivity contribution in [3.8, 4) is 0 Å². The van der Waals surface area contributed by atoms with Crippen molar-refractivity contribution in [1.29, 1.82) is 0 Å². The van der Waals surface area contributed by atoms with Crippen molar-refractivity contribution in [2.75, 3.05) is 19.6 Å². The average Bonchev–Trinajstić information content (AvgIpc) is 2.66. The number of carbonyl (C=O) groups excluding carboxylic acids is 2. The maximum absolute atomic E-state index is 12.8. The highest BCUT2D eigenvalue weighted by molar-refractivity contribution is 5.95. The van der Waals surface area contributed by atoms with Gasteiger partial charge in [0.2, 0.25) is 5.91 Å². The fraction of sp³-hybridized carbons (Fsp3) is 0.714. The molecule has 3 aliphatic rings. The standard InChI is InChI=1S/C21H30N4O2/c1-15-17(21(27)24-11-4-2-5-12-24)14-22-19(23-15)18-10-3-6-13-25(18)20(26)16-8-7-9-16/h14,16,18H,2-13H2,1H3/t18-/m0/s1. The van der Waals surface area contributed by atoms with Gasteiger partial charge in [-0.05, 0) is 58.3 Å². The summed E-state index contributed by atoms with van der Waals surface area (Å²) in [6.07, 6.45) is 11.3. The predicted octanol–water partition coefficient (Wildman–Crippen LogP) is 3.26. The van der Waals surface area contributed by atoms with E-state index >= 15 is 0 Å². The molecule has 27 heavy (non-hydrogen) atoms. The Morgan fingerprint density at radius 2 is 1.70 bits per heavy atom. The number of piperidine rings is 2. The zero-order valence-corrected chi connectivity index (χ0v) is 16.3. The summed E-state index contributed by atoms with van der Waals surface area (Å²) < 4.78 is 0. The second-order valence-electron chi connectivity index (χ2n) is 8.25. The molecule has 1 saturated carbocycles. The second kappa shape index (κ2) is 7.95. The third-order valence-electron chi connectivity index (χ3n) is 6.41. The molecule has 0 N–H and O–H groups in total. The molecule has 4 rings (SSSR count). The SMILES string of the molecule is Cc1nc([C@@H]2CCCCN2C(=O)C2CCC2)ncc1C(=O)N1CCCCC1. The van der Waals surface area contributed by atoms with Gasteiger partial charge in [-0.2, -0.15) is 0 Å². The third-order valence-corrected chi connectivity index (χ3v) is 6.41. The summed E-state index contributed by atoms with van der Waals surface area (Å²) in [4.78, 5) is 38.8. The lowest BCUT2D eigenvalue weighted by atomic mass is 9.83. The number of likely N-dealkylation sites (tertiary alicyclic amines) is 2. The van der Waals surface area contributed by atoms with E-state index in [4.69, 9.17) is 4.98 Å². The van der Waals surface area contributed by atoms with E-state index < -0.39 is 0 Å². The van der Waals surface area contributed by atoms with Crippen molar-refractivity contribution in [2.24, 2.45) is 5.92 Å². The highest BCUT2D eigenvalue weighted by atomic mass is 16.2. The molecular weight excluding hydrogens is 340 g/mol. The van der Waals surface area contributed by atoms with Crippen LogP contribution >= 0.6 is 0 Å². The van der Waals surface area contributed by atoms with Gasteiger partial charge in [-0.3, -0.25) is 9.59 Å². The molecule has 6 heteroatoms. The van der Waals surface area contributed by atoms with Gasteiger partial charge < -0.3 is 9.80 Å². The Hall–Kier alpha value is -1.98. The summed E-state index contributed by atoms with van der Waals surface area (Å²) in [5, 5.41) is 0. The summed E-state index contributed by atoms with van der Waals surface area (Å²) in [6, 6.07) is -0.0373. The number of hydrogen-bond acceptors (Lipinski definition) is 4. The minimum Gasteiger partial charge on any atom is -0.339 e. The van der Waals surface area contributed by atoms with Crippen LogP contribution in [0.25, 0.3) is 0 Å². The third kappa shape index (κ3) is 3.71. The lowest BCUT2D eigenvalue weighted by Gasteiger charge is -2.39. The number of aromatic nitrogens is 2. The van der Waals surface area contributed by atoms with Crippen molar-refractivity contribution in [3.05, 3.63) is 23.3 Å². The molecule has 0 aromatic carbocycles. The molecule has 6 nitrogen and oxygen atoms in total. The number of nitrogens with zero attached hydrogens (tertiary/aromatic N) is 4. The molecule has 0 spiro atoms. The maximum atomic E-state index is 12.8. The van der Waals surface area contributed by atoms with Gasteiger partial charge in [0.05, 0.1) is 17.3 Å². The molecule has 0 bridgehead atoms. The van der Waals surface area contributed by atoms with Crippen LogP contribution in [0.15, 0.2) is 6.20 Å². The highest BCUT2D eigenvalue weighted by Gasteiger charge is 2.36. The van der Waals surface area contributed by atoms with Crippen LogP contribution in [-0.4, -0.2) is 51.2 Å². The van der Waals surface area contributed by atoms with Gasteiger partial charge in [-0.25, -0.2) is 9.97 Å². The molecule has 3 heterocycles. The molecular formula is C21H30N4O2. The smallest absolute Gasteiger partial charge is 0.257 e. The highest BCUT2D eigenvalue weighted by Crippen LogP contribution is 2.35. The summed E-state index contributed by atoms with van der Waals surface area (Å²) in [6.45, 7) is 4.35. The van der Waals surface area contributed by atoms with Gasteiger partial charge in [0.1, 0.15) is 0 Å². The van der Waals surface area contributed by atoms with E-state index in [0.29, 0.717) is 11.4 Å². The monoisotopic (exact) mass is 370 g/mol. The fourth-order valence-corrected chi connectivity index (χ4v) is 4.48. The topological polar surface area (TPSA) is 66.4 Å². The zero-order chi connectivity index (χ0) is 18.8. The van der Waals surface area contributed by atoms with Gasteiger partial charge in [0.15, 0.2) is 5.82 Å². The van der Waals surface area contributed by atoms with Crippen LogP contribution in [0.2, 0.25) is 0 Å². The Balaban J connectivity index is 1.53. The Kier molecular flexibility index (Phi) is 5.41. The van der Waals surface area contributed by atoms with Crippen molar-refractivity contribution in [2.45, 2.75) is 70.8 Å². The van der Waals surface area contributed by atoms with E-state index in [0.717, 1.165) is 76.7 Å². The normalized spacial score (nSPS) is 23.8. The van der Waals surface area contributed by atoms with Crippen LogP contribution in [0.1, 0.15) is 85.7 Å². The summed E-state index contributed by atoms with van der Waals surface area (Å²) in [7, 11) is 0. The largest absolute Gasteiger partial charge is 0.339 e. The Labute approximate surface area is 161 Å². The van der Waals surface area contributed by atoms with E-state index in [1.807, 2.05) is 16.7 Å². The van der Waals surface area contributed by atoms with Crippen LogP contribution in [0, 0.1) is 12.8 Å². The van der Waals surface area contributed by atoms with Gasteiger partial charge in [0, 0.05) is 31.7 Å². The van der Waals surface area contributed by atoms with E-state index in [1.54, 1.807) is 6.20 Å². The van der Waals surface area contributed by atoms with Crippen molar-refractivity contribution < 1.29 is 9.59 Å². The number of carbonyl (C=O) groups is 2. The number of aryl methyl sites for hydroxylation is 1. The molecule has 146 valence electrons. The van der Waals surface area contributed by atoms with E-state index in [-0.39, 0.29) is 23.8 Å². The quantitative estimate of drug-likeness (QED) is 0.819. The van der Waals surface area contributed by atoms with Gasteiger partial charge in [-0.15, -0.1) is 0 Å². The molecule has 3 fully saturated rings. The van der Waals surface area contributed by atoms with E-state index in [9.17, 15) is 9.59 Å². The Morgan fingerprint density at radius 1 is 0.963 bits per heavy atom. The maximum Gasteiger partial charge on any atom is 0.257 e. The van der Waals surface area contributed by atoms with Gasteiger partial charge in [0.25, 0.3) is 5.91 Å². The van der Waals surface area contributed by atoms with Crippen molar-refractivity contribution >= 4 is 11.8 Å². The van der Waals surface area contributed by atoms with Gasteiger partial charge >= 0.3 is 0 Å².